The van der Waals surface area contributed by atoms with Gasteiger partial charge in [0.15, 0.2) is 0 Å². The zero-order valence-electron chi connectivity index (χ0n) is 9.38. The number of nitrogens with one attached hydrogen (secondary N) is 1. The summed E-state index contributed by atoms with van der Waals surface area (Å²) >= 11 is 0. The van der Waals surface area contributed by atoms with Crippen molar-refractivity contribution in [3.8, 4) is 0 Å². The van der Waals surface area contributed by atoms with Gasteiger partial charge in [0.2, 0.25) is 5.91 Å². The van der Waals surface area contributed by atoms with E-state index in [0.29, 0.717) is 0 Å². The SMILES string of the molecule is CCCCNC(C)C(=O)N1CCCC1. The molecule has 14 heavy (non-hydrogen) atoms. The average Bonchev–Trinajstić information content (AvgIpc) is 2.69. The second-order valence-electron chi connectivity index (χ2n) is 4.06. The number of hydrogen-bond acceptors (Lipinski definition) is 2. The van der Waals surface area contributed by atoms with Crippen molar-refractivity contribution in [3.63, 3.8) is 0 Å². The third-order valence-electron chi connectivity index (χ3n) is 2.77. The minimum Gasteiger partial charge on any atom is -0.341 e. The molecule has 1 aliphatic rings. The molecule has 0 spiro atoms. The van der Waals surface area contributed by atoms with Crippen LogP contribution in [-0.4, -0.2) is 36.5 Å². The molecule has 0 aromatic rings. The highest BCUT2D eigenvalue weighted by molar-refractivity contribution is 5.81. The number of carbonyl (C=O) groups is 1. The predicted molar refractivity (Wildman–Crippen MR) is 58.2 cm³/mol. The van der Waals surface area contributed by atoms with Crippen molar-refractivity contribution in [1.82, 2.24) is 10.2 Å². The van der Waals surface area contributed by atoms with Gasteiger partial charge in [-0.1, -0.05) is 13.3 Å². The first-order valence-electron chi connectivity index (χ1n) is 5.78. The molecule has 1 amide bonds. The summed E-state index contributed by atoms with van der Waals surface area (Å²) in [5.41, 5.74) is 0. The number of rotatable bonds is 5. The molecule has 1 N–H and O–H groups in total. The van der Waals surface area contributed by atoms with Crippen LogP contribution in [0, 0.1) is 0 Å². The number of unbranched alkanes of at least 4 members (excludes halogenated alkanes) is 1. The fourth-order valence-corrected chi connectivity index (χ4v) is 1.79. The van der Waals surface area contributed by atoms with Crippen molar-refractivity contribution < 1.29 is 4.79 Å². The Labute approximate surface area is 86.9 Å². The highest BCUT2D eigenvalue weighted by Crippen LogP contribution is 2.08. The summed E-state index contributed by atoms with van der Waals surface area (Å²) in [6.45, 7) is 7.00. The highest BCUT2D eigenvalue weighted by atomic mass is 16.2. The van der Waals surface area contributed by atoms with Gasteiger partial charge in [0.05, 0.1) is 6.04 Å². The summed E-state index contributed by atoms with van der Waals surface area (Å²) in [5.74, 6) is 0.276. The zero-order chi connectivity index (χ0) is 10.4. The topological polar surface area (TPSA) is 32.3 Å². The van der Waals surface area contributed by atoms with Crippen molar-refractivity contribution in [2.24, 2.45) is 0 Å². The molecule has 3 nitrogen and oxygen atoms in total. The van der Waals surface area contributed by atoms with Gasteiger partial charge in [-0.25, -0.2) is 0 Å². The number of amides is 1. The first-order valence-corrected chi connectivity index (χ1v) is 5.78. The van der Waals surface area contributed by atoms with Gasteiger partial charge >= 0.3 is 0 Å². The van der Waals surface area contributed by atoms with E-state index in [1.165, 1.54) is 19.3 Å². The van der Waals surface area contributed by atoms with E-state index in [1.54, 1.807) is 0 Å². The molecule has 1 rings (SSSR count). The molecule has 0 radical (unpaired) electrons. The number of likely N-dealkylation sites (tertiary alicyclic amines) is 1. The van der Waals surface area contributed by atoms with Gasteiger partial charge in [0.1, 0.15) is 0 Å². The van der Waals surface area contributed by atoms with E-state index in [0.717, 1.165) is 26.1 Å². The Bertz CT molecular complexity index is 176. The van der Waals surface area contributed by atoms with Gasteiger partial charge in [-0.3, -0.25) is 4.79 Å². The lowest BCUT2D eigenvalue weighted by molar-refractivity contribution is -0.131. The summed E-state index contributed by atoms with van der Waals surface area (Å²) in [6, 6.07) is -0.000324. The van der Waals surface area contributed by atoms with E-state index < -0.39 is 0 Å². The van der Waals surface area contributed by atoms with Crippen LogP contribution in [-0.2, 0) is 4.79 Å². The first-order chi connectivity index (χ1) is 6.75. The maximum atomic E-state index is 11.8. The normalized spacial score (nSPS) is 18.6. The van der Waals surface area contributed by atoms with Crippen LogP contribution in [0.4, 0.5) is 0 Å². The van der Waals surface area contributed by atoms with Gasteiger partial charge in [-0.2, -0.15) is 0 Å². The fraction of sp³-hybridized carbons (Fsp3) is 0.909. The van der Waals surface area contributed by atoms with E-state index in [1.807, 2.05) is 11.8 Å². The molecular weight excluding hydrogens is 176 g/mol. The van der Waals surface area contributed by atoms with Crippen LogP contribution < -0.4 is 5.32 Å². The monoisotopic (exact) mass is 198 g/mol. The Hall–Kier alpha value is -0.570. The lowest BCUT2D eigenvalue weighted by Gasteiger charge is -2.21. The Balaban J connectivity index is 2.21. The molecule has 0 aliphatic carbocycles. The second kappa shape index (κ2) is 6.02. The van der Waals surface area contributed by atoms with Gasteiger partial charge in [-0.05, 0) is 32.7 Å². The van der Waals surface area contributed by atoms with E-state index in [-0.39, 0.29) is 11.9 Å². The average molecular weight is 198 g/mol. The lowest BCUT2D eigenvalue weighted by Crippen LogP contribution is -2.43. The Morgan fingerprint density at radius 2 is 2.07 bits per heavy atom. The van der Waals surface area contributed by atoms with Crippen LogP contribution in [0.15, 0.2) is 0 Å². The highest BCUT2D eigenvalue weighted by Gasteiger charge is 2.22. The Morgan fingerprint density at radius 3 is 2.64 bits per heavy atom. The second-order valence-corrected chi connectivity index (χ2v) is 4.06. The molecule has 1 aliphatic heterocycles. The molecule has 1 atom stereocenters. The molecule has 1 unspecified atom stereocenters. The van der Waals surface area contributed by atoms with Crippen LogP contribution in [0.5, 0.6) is 0 Å². The van der Waals surface area contributed by atoms with Crippen LogP contribution in [0.1, 0.15) is 39.5 Å². The molecule has 0 aromatic carbocycles. The molecule has 3 heteroatoms. The molecule has 82 valence electrons. The van der Waals surface area contributed by atoms with Gasteiger partial charge < -0.3 is 10.2 Å². The molecule has 1 fully saturated rings. The van der Waals surface area contributed by atoms with E-state index in [9.17, 15) is 4.79 Å². The van der Waals surface area contributed by atoms with Crippen molar-refractivity contribution in [2.75, 3.05) is 19.6 Å². The quantitative estimate of drug-likeness (QED) is 0.677. The molecule has 0 bridgehead atoms. The Morgan fingerprint density at radius 1 is 1.43 bits per heavy atom. The summed E-state index contributed by atoms with van der Waals surface area (Å²) in [5, 5.41) is 3.27. The third kappa shape index (κ3) is 3.29. The van der Waals surface area contributed by atoms with E-state index in [4.69, 9.17) is 0 Å². The maximum absolute atomic E-state index is 11.8. The molecular formula is C11H22N2O. The molecule has 1 heterocycles. The summed E-state index contributed by atoms with van der Waals surface area (Å²) < 4.78 is 0. The van der Waals surface area contributed by atoms with Crippen molar-refractivity contribution in [1.29, 1.82) is 0 Å². The third-order valence-corrected chi connectivity index (χ3v) is 2.77. The summed E-state index contributed by atoms with van der Waals surface area (Å²) in [6.07, 6.45) is 4.68. The van der Waals surface area contributed by atoms with Crippen molar-refractivity contribution in [2.45, 2.75) is 45.6 Å². The number of hydrogen-bond donors (Lipinski definition) is 1. The van der Waals surface area contributed by atoms with E-state index in [2.05, 4.69) is 12.2 Å². The lowest BCUT2D eigenvalue weighted by atomic mass is 10.2. The fourth-order valence-electron chi connectivity index (χ4n) is 1.79. The minimum absolute atomic E-state index is 0.000324. The predicted octanol–water partition coefficient (Wildman–Crippen LogP) is 1.39. The zero-order valence-corrected chi connectivity index (χ0v) is 9.38. The van der Waals surface area contributed by atoms with Crippen LogP contribution in [0.2, 0.25) is 0 Å². The molecule has 0 saturated carbocycles. The van der Waals surface area contributed by atoms with Gasteiger partial charge in [-0.15, -0.1) is 0 Å². The minimum atomic E-state index is -0.000324. The van der Waals surface area contributed by atoms with Gasteiger partial charge in [0.25, 0.3) is 0 Å². The first kappa shape index (κ1) is 11.5. The van der Waals surface area contributed by atoms with Crippen LogP contribution >= 0.6 is 0 Å². The Kier molecular flexibility index (Phi) is 4.94. The van der Waals surface area contributed by atoms with Gasteiger partial charge in [0, 0.05) is 13.1 Å². The van der Waals surface area contributed by atoms with Crippen molar-refractivity contribution in [3.05, 3.63) is 0 Å². The largest absolute Gasteiger partial charge is 0.341 e. The summed E-state index contributed by atoms with van der Waals surface area (Å²) in [4.78, 5) is 13.8. The molecule has 1 saturated heterocycles. The summed E-state index contributed by atoms with van der Waals surface area (Å²) in [7, 11) is 0. The smallest absolute Gasteiger partial charge is 0.239 e. The number of carbonyl (C=O) groups excluding carboxylic acids is 1. The van der Waals surface area contributed by atoms with Crippen molar-refractivity contribution >= 4 is 5.91 Å². The molecule has 0 aromatic heterocycles. The standard InChI is InChI=1S/C11H22N2O/c1-3-4-7-12-10(2)11(14)13-8-5-6-9-13/h10,12H,3-9H2,1-2H3. The van der Waals surface area contributed by atoms with E-state index >= 15 is 0 Å². The van der Waals surface area contributed by atoms with Crippen LogP contribution in [0.25, 0.3) is 0 Å². The maximum Gasteiger partial charge on any atom is 0.239 e. The van der Waals surface area contributed by atoms with Crippen LogP contribution in [0.3, 0.4) is 0 Å². The number of nitrogens with zero attached hydrogens (tertiary/aromatic N) is 1.